The molecule has 5 rings (SSSR count). The molecule has 9 heteroatoms. The number of fused-ring (bicyclic) bond motifs is 1. The lowest BCUT2D eigenvalue weighted by atomic mass is 9.97. The summed E-state index contributed by atoms with van der Waals surface area (Å²) in [7, 11) is 0. The van der Waals surface area contributed by atoms with Crippen LogP contribution in [0.1, 0.15) is 33.6 Å². The van der Waals surface area contributed by atoms with Crippen LogP contribution in [0.2, 0.25) is 5.02 Å². The van der Waals surface area contributed by atoms with Gasteiger partial charge in [-0.05, 0) is 61.9 Å². The number of para-hydroxylation sites is 1. The second kappa shape index (κ2) is 10.5. The summed E-state index contributed by atoms with van der Waals surface area (Å²) in [5, 5.41) is 7.17. The highest BCUT2D eigenvalue weighted by Gasteiger charge is 2.41. The Morgan fingerprint density at radius 1 is 1.03 bits per heavy atom. The molecule has 39 heavy (non-hydrogen) atoms. The molecule has 1 aliphatic heterocycles. The summed E-state index contributed by atoms with van der Waals surface area (Å²) in [6.45, 7) is 3.46. The van der Waals surface area contributed by atoms with Gasteiger partial charge in [0.25, 0.3) is 11.8 Å². The summed E-state index contributed by atoms with van der Waals surface area (Å²) in [5.74, 6) is -4.56. The smallest absolute Gasteiger partial charge is 0.275 e. The van der Waals surface area contributed by atoms with Gasteiger partial charge in [0.05, 0.1) is 27.7 Å². The van der Waals surface area contributed by atoms with Gasteiger partial charge in [0, 0.05) is 42.1 Å². The molecule has 1 N–H and O–H groups in total. The molecule has 198 valence electrons. The van der Waals surface area contributed by atoms with Crippen molar-refractivity contribution in [1.82, 2.24) is 9.78 Å². The summed E-state index contributed by atoms with van der Waals surface area (Å²) < 4.78 is 32.7. The zero-order valence-corrected chi connectivity index (χ0v) is 22.0. The van der Waals surface area contributed by atoms with Crippen LogP contribution in [0.4, 0.5) is 20.2 Å². The van der Waals surface area contributed by atoms with Crippen molar-refractivity contribution < 1.29 is 18.4 Å². The lowest BCUT2D eigenvalue weighted by Crippen LogP contribution is -2.33. The topological polar surface area (TPSA) is 67.2 Å². The Balaban J connectivity index is 1.49. The van der Waals surface area contributed by atoms with Crippen molar-refractivity contribution >= 4 is 40.4 Å². The Morgan fingerprint density at radius 2 is 1.82 bits per heavy atom. The standard InChI is InChI=1S/C30H25ClF2N4O2/c1-19-6-5-7-21(16-19)34-28(38)18-25-23-8-3-4-9-27(23)36(15-13-30(25,32)33)29(39)24-11-10-22(17-26(24)31)37-14-12-20(2)35-37/h3-12,14,16-18H,13,15H2,1-2H3,(H,34,38)/b25-18-. The molecule has 1 aliphatic rings. The summed E-state index contributed by atoms with van der Waals surface area (Å²) in [5.41, 5.74) is 3.02. The van der Waals surface area contributed by atoms with Gasteiger partial charge in [-0.3, -0.25) is 9.59 Å². The number of anilines is 2. The van der Waals surface area contributed by atoms with Crippen molar-refractivity contribution in [2.75, 3.05) is 16.8 Å². The van der Waals surface area contributed by atoms with Gasteiger partial charge in [0.2, 0.25) is 5.91 Å². The summed E-state index contributed by atoms with van der Waals surface area (Å²) in [4.78, 5) is 27.8. The van der Waals surface area contributed by atoms with Crippen LogP contribution in [0.5, 0.6) is 0 Å². The minimum atomic E-state index is -3.36. The van der Waals surface area contributed by atoms with Crippen LogP contribution < -0.4 is 10.2 Å². The third-order valence-electron chi connectivity index (χ3n) is 6.50. The van der Waals surface area contributed by atoms with Crippen LogP contribution in [-0.2, 0) is 4.79 Å². The highest BCUT2D eigenvalue weighted by Crippen LogP contribution is 2.43. The molecule has 0 bridgehead atoms. The fraction of sp³-hybridized carbons (Fsp3) is 0.167. The molecule has 6 nitrogen and oxygen atoms in total. The number of benzene rings is 3. The van der Waals surface area contributed by atoms with E-state index in [1.165, 1.54) is 11.0 Å². The fourth-order valence-electron chi connectivity index (χ4n) is 4.59. The number of amides is 2. The second-order valence-corrected chi connectivity index (χ2v) is 9.82. The Labute approximate surface area is 229 Å². The second-order valence-electron chi connectivity index (χ2n) is 9.41. The van der Waals surface area contributed by atoms with Crippen molar-refractivity contribution in [2.24, 2.45) is 0 Å². The monoisotopic (exact) mass is 546 g/mol. The SMILES string of the molecule is Cc1cccc(NC(=O)/C=C2/c3ccccc3N(C(=O)c3ccc(-n4ccc(C)n4)cc3Cl)CCC2(F)F)c1. The van der Waals surface area contributed by atoms with Crippen molar-refractivity contribution in [3.8, 4) is 5.69 Å². The van der Waals surface area contributed by atoms with Crippen LogP contribution in [0.25, 0.3) is 11.3 Å². The molecule has 2 heterocycles. The summed E-state index contributed by atoms with van der Waals surface area (Å²) in [6, 6.07) is 20.1. The zero-order valence-electron chi connectivity index (χ0n) is 21.3. The predicted molar refractivity (Wildman–Crippen MR) is 149 cm³/mol. The van der Waals surface area contributed by atoms with Crippen LogP contribution in [0, 0.1) is 13.8 Å². The number of halogens is 3. The maximum atomic E-state index is 15.5. The minimum Gasteiger partial charge on any atom is -0.322 e. The first-order valence-electron chi connectivity index (χ1n) is 12.3. The molecule has 0 saturated carbocycles. The number of rotatable bonds is 4. The van der Waals surface area contributed by atoms with E-state index in [4.69, 9.17) is 11.6 Å². The third-order valence-corrected chi connectivity index (χ3v) is 6.82. The average molecular weight is 547 g/mol. The van der Waals surface area contributed by atoms with Crippen molar-refractivity contribution in [3.63, 3.8) is 0 Å². The van der Waals surface area contributed by atoms with Gasteiger partial charge in [-0.15, -0.1) is 0 Å². The van der Waals surface area contributed by atoms with Gasteiger partial charge in [0.1, 0.15) is 0 Å². The van der Waals surface area contributed by atoms with E-state index in [-0.39, 0.29) is 28.4 Å². The molecule has 1 aromatic heterocycles. The maximum absolute atomic E-state index is 15.5. The van der Waals surface area contributed by atoms with Crippen LogP contribution in [0.15, 0.2) is 85.1 Å². The van der Waals surface area contributed by atoms with Gasteiger partial charge in [0.15, 0.2) is 0 Å². The maximum Gasteiger partial charge on any atom is 0.275 e. The normalized spacial score (nSPS) is 15.5. The number of aromatic nitrogens is 2. The Bertz CT molecular complexity index is 1610. The van der Waals surface area contributed by atoms with Crippen LogP contribution in [0.3, 0.4) is 0 Å². The highest BCUT2D eigenvalue weighted by atomic mass is 35.5. The molecule has 2 amide bonds. The third kappa shape index (κ3) is 5.47. The number of alkyl halides is 2. The first-order valence-corrected chi connectivity index (χ1v) is 12.7. The minimum absolute atomic E-state index is 0.104. The van der Waals surface area contributed by atoms with E-state index in [1.807, 2.05) is 26.0 Å². The van der Waals surface area contributed by atoms with Gasteiger partial charge in [-0.1, -0.05) is 41.9 Å². The quantitative estimate of drug-likeness (QED) is 0.285. The number of nitrogens with zero attached hydrogens (tertiary/aromatic N) is 3. The Morgan fingerprint density at radius 3 is 2.54 bits per heavy atom. The lowest BCUT2D eigenvalue weighted by molar-refractivity contribution is -0.112. The summed E-state index contributed by atoms with van der Waals surface area (Å²) >= 11 is 6.51. The average Bonchev–Trinajstić information content (AvgIpc) is 3.29. The van der Waals surface area contributed by atoms with Crippen LogP contribution in [-0.4, -0.2) is 34.1 Å². The number of nitrogens with one attached hydrogen (secondary N) is 1. The van der Waals surface area contributed by atoms with E-state index in [1.54, 1.807) is 65.5 Å². The van der Waals surface area contributed by atoms with E-state index < -0.39 is 29.7 Å². The fourth-order valence-corrected chi connectivity index (χ4v) is 4.85. The lowest BCUT2D eigenvalue weighted by Gasteiger charge is -2.23. The number of carbonyl (C=O) groups is 2. The molecule has 0 saturated heterocycles. The number of allylic oxidation sites excluding steroid dienone is 1. The van der Waals surface area contributed by atoms with Crippen LogP contribution >= 0.6 is 11.6 Å². The molecule has 0 unspecified atom stereocenters. The zero-order chi connectivity index (χ0) is 27.7. The highest BCUT2D eigenvalue weighted by molar-refractivity contribution is 6.34. The molecule has 0 spiro atoms. The Hall–Kier alpha value is -4.30. The molecule has 0 aliphatic carbocycles. The van der Waals surface area contributed by atoms with Gasteiger partial charge in [-0.25, -0.2) is 13.5 Å². The largest absolute Gasteiger partial charge is 0.322 e. The first-order chi connectivity index (χ1) is 18.6. The van der Waals surface area contributed by atoms with E-state index in [0.717, 1.165) is 17.3 Å². The molecule has 0 radical (unpaired) electrons. The molecular formula is C30H25ClF2N4O2. The van der Waals surface area contributed by atoms with Gasteiger partial charge in [-0.2, -0.15) is 5.10 Å². The van der Waals surface area contributed by atoms with E-state index in [0.29, 0.717) is 11.4 Å². The van der Waals surface area contributed by atoms with Crippen molar-refractivity contribution in [1.29, 1.82) is 0 Å². The molecule has 0 atom stereocenters. The predicted octanol–water partition coefficient (Wildman–Crippen LogP) is 6.85. The molecule has 3 aromatic carbocycles. The summed E-state index contributed by atoms with van der Waals surface area (Å²) in [6.07, 6.45) is 2.03. The molecule has 0 fully saturated rings. The van der Waals surface area contributed by atoms with Crippen molar-refractivity contribution in [2.45, 2.75) is 26.2 Å². The molecule has 4 aromatic rings. The molecular weight excluding hydrogens is 522 g/mol. The Kier molecular flexibility index (Phi) is 7.06. The number of carbonyl (C=O) groups excluding carboxylic acids is 2. The number of hydrogen-bond donors (Lipinski definition) is 1. The number of aryl methyl sites for hydroxylation is 2. The first kappa shape index (κ1) is 26.3. The van der Waals surface area contributed by atoms with E-state index in [2.05, 4.69) is 10.4 Å². The van der Waals surface area contributed by atoms with Crippen molar-refractivity contribution in [3.05, 3.63) is 112 Å². The number of hydrogen-bond acceptors (Lipinski definition) is 3. The van der Waals surface area contributed by atoms with Gasteiger partial charge >= 0.3 is 0 Å². The van der Waals surface area contributed by atoms with E-state index in [9.17, 15) is 9.59 Å². The van der Waals surface area contributed by atoms with E-state index >= 15 is 8.78 Å². The van der Waals surface area contributed by atoms with Gasteiger partial charge < -0.3 is 10.2 Å².